The second-order valence-corrected chi connectivity index (χ2v) is 3.46. The van der Waals surface area contributed by atoms with Crippen LogP contribution in [0.15, 0.2) is 0 Å². The van der Waals surface area contributed by atoms with E-state index >= 15 is 0 Å². The molecule has 1 aliphatic rings. The van der Waals surface area contributed by atoms with E-state index in [4.69, 9.17) is 10.5 Å². The third kappa shape index (κ3) is 2.98. The van der Waals surface area contributed by atoms with E-state index < -0.39 is 30.8 Å². The van der Waals surface area contributed by atoms with Gasteiger partial charge in [-0.15, -0.1) is 0 Å². The molecular formula is C8H13F3N2O2. The molecule has 2 atom stereocenters. The predicted octanol–water partition coefficient (Wildman–Crippen LogP) is 1.11. The minimum absolute atomic E-state index is 0.120. The molecule has 0 aromatic carbocycles. The molecule has 1 aliphatic heterocycles. The molecule has 4 nitrogen and oxygen atoms in total. The van der Waals surface area contributed by atoms with Gasteiger partial charge in [-0.2, -0.15) is 13.2 Å². The number of ether oxygens (including phenoxy) is 1. The summed E-state index contributed by atoms with van der Waals surface area (Å²) >= 11 is 0. The molecule has 0 aromatic heterocycles. The quantitative estimate of drug-likeness (QED) is 0.784. The van der Waals surface area contributed by atoms with Crippen LogP contribution in [0.4, 0.5) is 18.0 Å². The van der Waals surface area contributed by atoms with Gasteiger partial charge in [0, 0.05) is 13.1 Å². The van der Waals surface area contributed by atoms with E-state index in [1.54, 1.807) is 6.92 Å². The second kappa shape index (κ2) is 4.26. The Morgan fingerprint density at radius 2 is 2.13 bits per heavy atom. The number of cyclic esters (lactones) is 1. The first kappa shape index (κ1) is 12.1. The first-order chi connectivity index (χ1) is 6.85. The van der Waals surface area contributed by atoms with Crippen LogP contribution >= 0.6 is 0 Å². The molecule has 88 valence electrons. The highest BCUT2D eigenvalue weighted by Crippen LogP contribution is 2.24. The largest absolute Gasteiger partial charge is 0.443 e. The van der Waals surface area contributed by atoms with Crippen LogP contribution in [0.3, 0.4) is 0 Å². The monoisotopic (exact) mass is 226 g/mol. The van der Waals surface area contributed by atoms with E-state index in [9.17, 15) is 18.0 Å². The van der Waals surface area contributed by atoms with Gasteiger partial charge < -0.3 is 15.4 Å². The zero-order valence-corrected chi connectivity index (χ0v) is 8.25. The number of carbonyl (C=O) groups is 1. The first-order valence-electron chi connectivity index (χ1n) is 4.59. The zero-order valence-electron chi connectivity index (χ0n) is 8.25. The number of nitrogens with zero attached hydrogens (tertiary/aromatic N) is 1. The number of nitrogens with two attached hydrogens (primary N) is 1. The van der Waals surface area contributed by atoms with Crippen LogP contribution in [-0.4, -0.2) is 42.4 Å². The second-order valence-electron chi connectivity index (χ2n) is 3.46. The van der Waals surface area contributed by atoms with E-state index in [0.29, 0.717) is 0 Å². The summed E-state index contributed by atoms with van der Waals surface area (Å²) in [5, 5.41) is 0. The van der Waals surface area contributed by atoms with Gasteiger partial charge in [-0.1, -0.05) is 0 Å². The lowest BCUT2D eigenvalue weighted by Crippen LogP contribution is -2.38. The molecule has 0 radical (unpaired) electrons. The molecule has 2 unspecified atom stereocenters. The van der Waals surface area contributed by atoms with E-state index in [2.05, 4.69) is 0 Å². The van der Waals surface area contributed by atoms with Gasteiger partial charge in [0.05, 0.1) is 12.5 Å². The summed E-state index contributed by atoms with van der Waals surface area (Å²) in [5.74, 6) is 0. The SMILES string of the molecule is CC1C(CN)OC(=O)N1CCC(F)(F)F. The highest BCUT2D eigenvalue weighted by molar-refractivity contribution is 5.70. The van der Waals surface area contributed by atoms with Crippen LogP contribution in [0.2, 0.25) is 0 Å². The molecule has 15 heavy (non-hydrogen) atoms. The van der Waals surface area contributed by atoms with Crippen LogP contribution < -0.4 is 5.73 Å². The molecule has 2 N–H and O–H groups in total. The molecular weight excluding hydrogens is 213 g/mol. The van der Waals surface area contributed by atoms with Gasteiger partial charge in [-0.3, -0.25) is 0 Å². The summed E-state index contributed by atoms with van der Waals surface area (Å²) < 4.78 is 40.6. The van der Waals surface area contributed by atoms with Crippen molar-refractivity contribution in [2.45, 2.75) is 31.7 Å². The van der Waals surface area contributed by atoms with E-state index in [1.807, 2.05) is 0 Å². The lowest BCUT2D eigenvalue weighted by Gasteiger charge is -2.20. The zero-order chi connectivity index (χ0) is 11.6. The molecule has 7 heteroatoms. The maximum Gasteiger partial charge on any atom is 0.410 e. The summed E-state index contributed by atoms with van der Waals surface area (Å²) in [4.78, 5) is 12.2. The Kier molecular flexibility index (Phi) is 3.43. The number of rotatable bonds is 3. The number of alkyl halides is 3. The molecule has 0 bridgehead atoms. The van der Waals surface area contributed by atoms with Crippen LogP contribution in [0, 0.1) is 0 Å². The van der Waals surface area contributed by atoms with Gasteiger partial charge in [-0.25, -0.2) is 4.79 Å². The van der Waals surface area contributed by atoms with Crippen LogP contribution in [0.25, 0.3) is 0 Å². The Bertz CT molecular complexity index is 245. The topological polar surface area (TPSA) is 55.6 Å². The maximum atomic E-state index is 11.9. The average molecular weight is 226 g/mol. The van der Waals surface area contributed by atoms with Gasteiger partial charge in [0.1, 0.15) is 6.10 Å². The standard InChI is InChI=1S/C8H13F3N2O2/c1-5-6(4-12)15-7(14)13(5)3-2-8(9,10)11/h5-6H,2-4,12H2,1H3. The highest BCUT2D eigenvalue weighted by Gasteiger charge is 2.39. The minimum Gasteiger partial charge on any atom is -0.443 e. The Balaban J connectivity index is 2.52. The van der Waals surface area contributed by atoms with Gasteiger partial charge in [-0.05, 0) is 6.92 Å². The molecule has 1 rings (SSSR count). The molecule has 0 saturated carbocycles. The Hall–Kier alpha value is -0.980. The fourth-order valence-electron chi connectivity index (χ4n) is 1.45. The number of carbonyl (C=O) groups excluding carboxylic acids is 1. The van der Waals surface area contributed by atoms with E-state index in [-0.39, 0.29) is 13.1 Å². The Labute approximate surface area is 85.2 Å². The third-order valence-corrected chi connectivity index (χ3v) is 2.38. The highest BCUT2D eigenvalue weighted by atomic mass is 19.4. The fraction of sp³-hybridized carbons (Fsp3) is 0.875. The molecule has 1 saturated heterocycles. The van der Waals surface area contributed by atoms with Crippen molar-refractivity contribution in [2.24, 2.45) is 5.73 Å². The average Bonchev–Trinajstić information content (AvgIpc) is 2.37. The third-order valence-electron chi connectivity index (χ3n) is 2.38. The molecule has 1 amide bonds. The summed E-state index contributed by atoms with van der Waals surface area (Å²) in [7, 11) is 0. The smallest absolute Gasteiger partial charge is 0.410 e. The summed E-state index contributed by atoms with van der Waals surface area (Å²) in [6, 6.07) is -0.398. The van der Waals surface area contributed by atoms with Gasteiger partial charge in [0.2, 0.25) is 0 Å². The van der Waals surface area contributed by atoms with Crippen molar-refractivity contribution in [3.8, 4) is 0 Å². The number of hydrogen-bond donors (Lipinski definition) is 1. The van der Waals surface area contributed by atoms with E-state index in [1.165, 1.54) is 0 Å². The van der Waals surface area contributed by atoms with Crippen molar-refractivity contribution in [3.63, 3.8) is 0 Å². The molecule has 0 spiro atoms. The van der Waals surface area contributed by atoms with Crippen molar-refractivity contribution in [1.29, 1.82) is 0 Å². The molecule has 0 aromatic rings. The summed E-state index contributed by atoms with van der Waals surface area (Å²) in [6.45, 7) is 1.37. The lowest BCUT2D eigenvalue weighted by atomic mass is 10.2. The number of halogens is 3. The Morgan fingerprint density at radius 1 is 1.53 bits per heavy atom. The van der Waals surface area contributed by atoms with Crippen molar-refractivity contribution in [1.82, 2.24) is 4.90 Å². The van der Waals surface area contributed by atoms with Crippen molar-refractivity contribution < 1.29 is 22.7 Å². The normalized spacial score (nSPS) is 27.0. The summed E-state index contributed by atoms with van der Waals surface area (Å²) in [5.41, 5.74) is 5.30. The van der Waals surface area contributed by atoms with Crippen LogP contribution in [0.5, 0.6) is 0 Å². The fourth-order valence-corrected chi connectivity index (χ4v) is 1.45. The first-order valence-corrected chi connectivity index (χ1v) is 4.59. The van der Waals surface area contributed by atoms with Crippen molar-refractivity contribution in [3.05, 3.63) is 0 Å². The van der Waals surface area contributed by atoms with Gasteiger partial charge >= 0.3 is 12.3 Å². The molecule has 0 aliphatic carbocycles. The van der Waals surface area contributed by atoms with Crippen LogP contribution in [0.1, 0.15) is 13.3 Å². The van der Waals surface area contributed by atoms with Gasteiger partial charge in [0.25, 0.3) is 0 Å². The van der Waals surface area contributed by atoms with Gasteiger partial charge in [0.15, 0.2) is 0 Å². The number of amides is 1. The van der Waals surface area contributed by atoms with Crippen molar-refractivity contribution in [2.75, 3.05) is 13.1 Å². The van der Waals surface area contributed by atoms with Crippen LogP contribution in [-0.2, 0) is 4.74 Å². The van der Waals surface area contributed by atoms with E-state index in [0.717, 1.165) is 4.90 Å². The predicted molar refractivity (Wildman–Crippen MR) is 46.2 cm³/mol. The number of hydrogen-bond acceptors (Lipinski definition) is 3. The Morgan fingerprint density at radius 3 is 2.53 bits per heavy atom. The maximum absolute atomic E-state index is 11.9. The summed E-state index contributed by atoms with van der Waals surface area (Å²) in [6.07, 6.45) is -6.52. The molecule has 1 heterocycles. The van der Waals surface area contributed by atoms with Crippen molar-refractivity contribution >= 4 is 6.09 Å². The lowest BCUT2D eigenvalue weighted by molar-refractivity contribution is -0.136. The molecule has 1 fully saturated rings. The minimum atomic E-state index is -4.26.